The molecule has 1 unspecified atom stereocenters. The van der Waals surface area contributed by atoms with E-state index in [1.165, 1.54) is 6.33 Å². The van der Waals surface area contributed by atoms with Gasteiger partial charge in [-0.15, -0.1) is 0 Å². The van der Waals surface area contributed by atoms with Crippen molar-refractivity contribution in [2.75, 3.05) is 19.3 Å². The predicted molar refractivity (Wildman–Crippen MR) is 66.6 cm³/mol. The molecule has 0 radical (unpaired) electrons. The van der Waals surface area contributed by atoms with Gasteiger partial charge in [0.1, 0.15) is 0 Å². The number of H-pyrrole nitrogens is 1. The second-order valence-corrected chi connectivity index (χ2v) is 4.62. The second kappa shape index (κ2) is 3.53. The van der Waals surface area contributed by atoms with Gasteiger partial charge in [0.2, 0.25) is 5.95 Å². The normalized spacial score (nSPS) is 25.0. The SMILES string of the molecule is CN1CCCC1(N)n1c(N)nc(=O)c2[nH]cnc21. The first kappa shape index (κ1) is 11.2. The Labute approximate surface area is 103 Å². The van der Waals surface area contributed by atoms with Crippen molar-refractivity contribution in [1.29, 1.82) is 0 Å². The Morgan fingerprint density at radius 1 is 1.56 bits per heavy atom. The molecule has 96 valence electrons. The summed E-state index contributed by atoms with van der Waals surface area (Å²) in [5, 5.41) is 0. The van der Waals surface area contributed by atoms with Gasteiger partial charge in [0, 0.05) is 6.54 Å². The Morgan fingerprint density at radius 3 is 3.00 bits per heavy atom. The number of rotatable bonds is 1. The average molecular weight is 249 g/mol. The molecule has 1 aliphatic heterocycles. The van der Waals surface area contributed by atoms with Crippen molar-refractivity contribution in [3.05, 3.63) is 16.7 Å². The van der Waals surface area contributed by atoms with E-state index in [2.05, 4.69) is 15.0 Å². The lowest BCUT2D eigenvalue weighted by atomic mass is 10.2. The number of aromatic amines is 1. The van der Waals surface area contributed by atoms with Gasteiger partial charge in [0.05, 0.1) is 6.33 Å². The zero-order valence-corrected chi connectivity index (χ0v) is 10.1. The maximum atomic E-state index is 11.7. The molecule has 1 atom stereocenters. The van der Waals surface area contributed by atoms with Crippen molar-refractivity contribution < 1.29 is 0 Å². The van der Waals surface area contributed by atoms with Crippen LogP contribution in [0.4, 0.5) is 5.95 Å². The highest BCUT2D eigenvalue weighted by atomic mass is 16.1. The third-order valence-corrected chi connectivity index (χ3v) is 3.58. The Bertz CT molecular complexity index is 660. The summed E-state index contributed by atoms with van der Waals surface area (Å²) in [5.41, 5.74) is 12.6. The molecule has 0 bridgehead atoms. The van der Waals surface area contributed by atoms with E-state index >= 15 is 0 Å². The van der Waals surface area contributed by atoms with Gasteiger partial charge < -0.3 is 10.7 Å². The molecular formula is C10H15N7O. The van der Waals surface area contributed by atoms with Crippen molar-refractivity contribution >= 4 is 17.1 Å². The van der Waals surface area contributed by atoms with E-state index in [4.69, 9.17) is 11.5 Å². The molecule has 1 saturated heterocycles. The van der Waals surface area contributed by atoms with Crippen LogP contribution in [0.15, 0.2) is 11.1 Å². The average Bonchev–Trinajstić information content (AvgIpc) is 2.88. The van der Waals surface area contributed by atoms with Crippen LogP contribution in [0.25, 0.3) is 11.2 Å². The number of nitrogens with zero attached hydrogens (tertiary/aromatic N) is 4. The lowest BCUT2D eigenvalue weighted by Gasteiger charge is -2.35. The summed E-state index contributed by atoms with van der Waals surface area (Å²) < 4.78 is 1.63. The minimum atomic E-state index is -0.780. The van der Waals surface area contributed by atoms with Crippen molar-refractivity contribution in [1.82, 2.24) is 24.4 Å². The van der Waals surface area contributed by atoms with Gasteiger partial charge in [-0.1, -0.05) is 0 Å². The van der Waals surface area contributed by atoms with Crippen LogP contribution >= 0.6 is 0 Å². The third-order valence-electron chi connectivity index (χ3n) is 3.58. The molecule has 8 heteroatoms. The second-order valence-electron chi connectivity index (χ2n) is 4.62. The van der Waals surface area contributed by atoms with Crippen LogP contribution in [-0.4, -0.2) is 38.0 Å². The van der Waals surface area contributed by atoms with Crippen LogP contribution in [0.5, 0.6) is 0 Å². The standard InChI is InChI=1S/C10H15N7O/c1-16-4-2-3-10(16,12)17-7-6(13-5-14-7)8(18)15-9(17)11/h5H,2-4,12H2,1H3,(H,13,14)(H2,11,15,18). The summed E-state index contributed by atoms with van der Waals surface area (Å²) in [6.45, 7) is 0.869. The van der Waals surface area contributed by atoms with E-state index < -0.39 is 11.3 Å². The quantitative estimate of drug-likeness (QED) is 0.596. The summed E-state index contributed by atoms with van der Waals surface area (Å²) in [5.74, 6) is -0.686. The van der Waals surface area contributed by atoms with Crippen LogP contribution in [0.2, 0.25) is 0 Å². The largest absolute Gasteiger partial charge is 0.369 e. The molecule has 2 aromatic rings. The monoisotopic (exact) mass is 249 g/mol. The number of anilines is 1. The van der Waals surface area contributed by atoms with E-state index in [9.17, 15) is 4.79 Å². The van der Waals surface area contributed by atoms with Gasteiger partial charge in [-0.2, -0.15) is 4.98 Å². The smallest absolute Gasteiger partial charge is 0.300 e. The fourth-order valence-corrected chi connectivity index (χ4v) is 2.56. The molecule has 5 N–H and O–H groups in total. The number of imidazole rings is 1. The number of aromatic nitrogens is 4. The number of nitrogens with one attached hydrogen (secondary N) is 1. The zero-order valence-electron chi connectivity index (χ0n) is 10.1. The Hall–Kier alpha value is -1.93. The van der Waals surface area contributed by atoms with Gasteiger partial charge in [0.25, 0.3) is 0 Å². The summed E-state index contributed by atoms with van der Waals surface area (Å²) in [6.07, 6.45) is 3.15. The van der Waals surface area contributed by atoms with E-state index in [0.717, 1.165) is 19.4 Å². The predicted octanol–water partition coefficient (Wildman–Crippen LogP) is -1.00. The van der Waals surface area contributed by atoms with E-state index in [0.29, 0.717) is 11.2 Å². The van der Waals surface area contributed by atoms with Crippen LogP contribution < -0.4 is 17.0 Å². The summed E-state index contributed by atoms with van der Waals surface area (Å²) in [4.78, 5) is 24.4. The molecule has 18 heavy (non-hydrogen) atoms. The summed E-state index contributed by atoms with van der Waals surface area (Å²) >= 11 is 0. The Kier molecular flexibility index (Phi) is 2.19. The molecular weight excluding hydrogens is 234 g/mol. The first-order chi connectivity index (χ1) is 8.54. The highest BCUT2D eigenvalue weighted by Gasteiger charge is 2.39. The van der Waals surface area contributed by atoms with Crippen molar-refractivity contribution in [2.45, 2.75) is 18.6 Å². The fourth-order valence-electron chi connectivity index (χ4n) is 2.56. The maximum Gasteiger partial charge on any atom is 0.300 e. The van der Waals surface area contributed by atoms with E-state index in [1.807, 2.05) is 11.9 Å². The molecule has 1 fully saturated rings. The minimum Gasteiger partial charge on any atom is -0.369 e. The van der Waals surface area contributed by atoms with Gasteiger partial charge in [-0.05, 0) is 19.9 Å². The molecule has 3 heterocycles. The van der Waals surface area contributed by atoms with Crippen molar-refractivity contribution in [3.63, 3.8) is 0 Å². The van der Waals surface area contributed by atoms with Crippen LogP contribution in [0.1, 0.15) is 12.8 Å². The van der Waals surface area contributed by atoms with Crippen molar-refractivity contribution in [3.8, 4) is 0 Å². The minimum absolute atomic E-state index is 0.0934. The van der Waals surface area contributed by atoms with Crippen LogP contribution in [-0.2, 0) is 5.79 Å². The molecule has 0 saturated carbocycles. The molecule has 3 rings (SSSR count). The fraction of sp³-hybridized carbons (Fsp3) is 0.500. The third kappa shape index (κ3) is 1.30. The lowest BCUT2D eigenvalue weighted by molar-refractivity contribution is 0.101. The van der Waals surface area contributed by atoms with Crippen LogP contribution in [0, 0.1) is 0 Å². The molecule has 1 aliphatic rings. The maximum absolute atomic E-state index is 11.7. The molecule has 0 aliphatic carbocycles. The number of likely N-dealkylation sites (tertiary alicyclic amines) is 1. The zero-order chi connectivity index (χ0) is 12.9. The number of fused-ring (bicyclic) bond motifs is 1. The number of hydrogen-bond donors (Lipinski definition) is 3. The van der Waals surface area contributed by atoms with Gasteiger partial charge in [-0.3, -0.25) is 20.0 Å². The van der Waals surface area contributed by atoms with Crippen molar-refractivity contribution in [2.24, 2.45) is 5.73 Å². The topological polar surface area (TPSA) is 119 Å². The molecule has 2 aromatic heterocycles. The summed E-state index contributed by atoms with van der Waals surface area (Å²) in [7, 11) is 1.92. The lowest BCUT2D eigenvalue weighted by Crippen LogP contribution is -2.53. The van der Waals surface area contributed by atoms with Gasteiger partial charge >= 0.3 is 5.56 Å². The Balaban J connectivity index is 2.35. The first-order valence-corrected chi connectivity index (χ1v) is 5.76. The van der Waals surface area contributed by atoms with E-state index in [-0.39, 0.29) is 5.95 Å². The first-order valence-electron chi connectivity index (χ1n) is 5.76. The number of hydrogen-bond acceptors (Lipinski definition) is 6. The number of nitrogen functional groups attached to an aromatic ring is 1. The molecule has 0 aromatic carbocycles. The summed E-state index contributed by atoms with van der Waals surface area (Å²) in [6, 6.07) is 0. The molecule has 0 spiro atoms. The molecule has 8 nitrogen and oxygen atoms in total. The highest BCUT2D eigenvalue weighted by molar-refractivity contribution is 5.71. The van der Waals surface area contributed by atoms with Gasteiger partial charge in [0.15, 0.2) is 17.0 Å². The van der Waals surface area contributed by atoms with Gasteiger partial charge in [-0.25, -0.2) is 4.98 Å². The highest BCUT2D eigenvalue weighted by Crippen LogP contribution is 2.30. The molecule has 0 amide bonds. The number of nitrogens with two attached hydrogens (primary N) is 2. The van der Waals surface area contributed by atoms with Crippen LogP contribution in [0.3, 0.4) is 0 Å². The Morgan fingerprint density at radius 2 is 2.33 bits per heavy atom. The van der Waals surface area contributed by atoms with E-state index in [1.54, 1.807) is 4.57 Å².